The largest absolute Gasteiger partial charge is 0.396 e. The quantitative estimate of drug-likeness (QED) is 0.827. The Labute approximate surface area is 87.7 Å². The number of aliphatic hydroxyl groups is 1. The molecule has 0 aliphatic carbocycles. The lowest BCUT2D eigenvalue weighted by molar-refractivity contribution is 0.0276. The van der Waals surface area contributed by atoms with Crippen LogP contribution in [0, 0.1) is 5.41 Å². The van der Waals surface area contributed by atoms with E-state index in [2.05, 4.69) is 4.98 Å². The Bertz CT molecular complexity index is 288. The van der Waals surface area contributed by atoms with Crippen LogP contribution >= 0.6 is 11.3 Å². The van der Waals surface area contributed by atoms with E-state index in [-0.39, 0.29) is 18.1 Å². The van der Waals surface area contributed by atoms with Gasteiger partial charge in [0, 0.05) is 23.1 Å². The Hall–Kier alpha value is -0.450. The van der Waals surface area contributed by atoms with Crippen LogP contribution in [0.5, 0.6) is 0 Å². The molecule has 1 aromatic rings. The number of nitrogens with zero attached hydrogens (tertiary/aromatic N) is 1. The highest BCUT2D eigenvalue weighted by atomic mass is 32.1. The number of rotatable bonds is 3. The maximum absolute atomic E-state index is 9.49. The summed E-state index contributed by atoms with van der Waals surface area (Å²) in [7, 11) is 0. The van der Waals surface area contributed by atoms with Gasteiger partial charge in [0.2, 0.25) is 0 Å². The number of aliphatic hydroxyl groups excluding tert-OH is 1. The summed E-state index contributed by atoms with van der Waals surface area (Å²) < 4.78 is 5.53. The molecule has 0 radical (unpaired) electrons. The van der Waals surface area contributed by atoms with Crippen LogP contribution in [0.2, 0.25) is 0 Å². The van der Waals surface area contributed by atoms with Crippen LogP contribution in [0.3, 0.4) is 0 Å². The van der Waals surface area contributed by atoms with Crippen molar-refractivity contribution in [2.24, 2.45) is 5.41 Å². The monoisotopic (exact) mass is 213 g/mol. The molecule has 0 amide bonds. The zero-order valence-corrected chi connectivity index (χ0v) is 9.09. The van der Waals surface area contributed by atoms with Gasteiger partial charge in [0.1, 0.15) is 0 Å². The summed E-state index contributed by atoms with van der Waals surface area (Å²) >= 11 is 1.65. The van der Waals surface area contributed by atoms with Crippen molar-refractivity contribution in [3.8, 4) is 0 Å². The molecule has 0 spiro atoms. The first-order valence-electron chi connectivity index (χ1n) is 4.87. The number of aromatic nitrogens is 1. The fourth-order valence-electron chi connectivity index (χ4n) is 1.99. The summed E-state index contributed by atoms with van der Waals surface area (Å²) in [6.07, 6.45) is 3.86. The molecule has 1 saturated heterocycles. The third-order valence-electron chi connectivity index (χ3n) is 3.15. The van der Waals surface area contributed by atoms with E-state index in [0.29, 0.717) is 0 Å². The van der Waals surface area contributed by atoms with E-state index in [1.165, 1.54) is 4.88 Å². The highest BCUT2D eigenvalue weighted by molar-refractivity contribution is 7.09. The third-order valence-corrected chi connectivity index (χ3v) is 3.93. The summed E-state index contributed by atoms with van der Waals surface area (Å²) in [5, 5.41) is 9.49. The van der Waals surface area contributed by atoms with Gasteiger partial charge in [0.15, 0.2) is 0 Å². The third kappa shape index (κ3) is 1.69. The van der Waals surface area contributed by atoms with Gasteiger partial charge in [0.25, 0.3) is 0 Å². The highest BCUT2D eigenvalue weighted by Crippen LogP contribution is 2.38. The molecule has 2 rings (SSSR count). The highest BCUT2D eigenvalue weighted by Gasteiger charge is 2.41. The lowest BCUT2D eigenvalue weighted by Gasteiger charge is -2.29. The first-order valence-corrected chi connectivity index (χ1v) is 5.75. The van der Waals surface area contributed by atoms with Crippen LogP contribution in [0.1, 0.15) is 18.2 Å². The van der Waals surface area contributed by atoms with Gasteiger partial charge in [-0.05, 0) is 19.8 Å². The van der Waals surface area contributed by atoms with Gasteiger partial charge in [0.05, 0.1) is 18.2 Å². The Balaban J connectivity index is 2.13. The normalized spacial score (nSPS) is 32.3. The van der Waals surface area contributed by atoms with E-state index < -0.39 is 0 Å². The minimum atomic E-state index is -0.0769. The molecule has 4 heteroatoms. The van der Waals surface area contributed by atoms with Gasteiger partial charge in [-0.3, -0.25) is 4.98 Å². The molecular formula is C10H15NO2S. The first-order chi connectivity index (χ1) is 6.77. The summed E-state index contributed by atoms with van der Waals surface area (Å²) in [5.74, 6) is 0. The van der Waals surface area contributed by atoms with Crippen LogP contribution in [0.4, 0.5) is 0 Å². The van der Waals surface area contributed by atoms with Crippen molar-refractivity contribution in [2.45, 2.75) is 25.9 Å². The van der Waals surface area contributed by atoms with Crippen molar-refractivity contribution in [3.05, 3.63) is 16.6 Å². The number of thiazole rings is 1. The molecule has 1 aliphatic heterocycles. The van der Waals surface area contributed by atoms with Crippen LogP contribution in [-0.2, 0) is 11.2 Å². The summed E-state index contributed by atoms with van der Waals surface area (Å²) in [5.41, 5.74) is 1.76. The average molecular weight is 213 g/mol. The molecule has 3 nitrogen and oxygen atoms in total. The lowest BCUT2D eigenvalue weighted by Crippen LogP contribution is -2.34. The van der Waals surface area contributed by atoms with Crippen molar-refractivity contribution in [1.29, 1.82) is 0 Å². The first kappa shape index (κ1) is 10.1. The Kier molecular flexibility index (Phi) is 2.85. The smallest absolute Gasteiger partial charge is 0.0794 e. The molecule has 1 N–H and O–H groups in total. The van der Waals surface area contributed by atoms with Gasteiger partial charge in [-0.15, -0.1) is 11.3 Å². The standard InChI is InChI=1S/C10H15NO2S/c1-8-10(6-12,2-3-13-8)4-9-5-11-7-14-9/h5,7-8,12H,2-4,6H2,1H3. The Morgan fingerprint density at radius 2 is 2.64 bits per heavy atom. The molecule has 0 saturated carbocycles. The lowest BCUT2D eigenvalue weighted by atomic mass is 9.79. The van der Waals surface area contributed by atoms with E-state index in [1.54, 1.807) is 11.3 Å². The molecule has 1 aromatic heterocycles. The van der Waals surface area contributed by atoms with Gasteiger partial charge in [-0.1, -0.05) is 0 Å². The fraction of sp³-hybridized carbons (Fsp3) is 0.700. The fourth-order valence-corrected chi connectivity index (χ4v) is 2.74. The van der Waals surface area contributed by atoms with E-state index in [9.17, 15) is 5.11 Å². The van der Waals surface area contributed by atoms with Crippen molar-refractivity contribution < 1.29 is 9.84 Å². The van der Waals surface area contributed by atoms with Gasteiger partial charge < -0.3 is 9.84 Å². The molecular weight excluding hydrogens is 198 g/mol. The second-order valence-electron chi connectivity index (χ2n) is 3.93. The predicted molar refractivity (Wildman–Crippen MR) is 55.4 cm³/mol. The van der Waals surface area contributed by atoms with Gasteiger partial charge in [-0.25, -0.2) is 0 Å². The zero-order valence-electron chi connectivity index (χ0n) is 8.27. The molecule has 0 aromatic carbocycles. The number of ether oxygens (including phenoxy) is 1. The van der Waals surface area contributed by atoms with E-state index in [4.69, 9.17) is 4.74 Å². The molecule has 78 valence electrons. The summed E-state index contributed by atoms with van der Waals surface area (Å²) in [4.78, 5) is 5.28. The average Bonchev–Trinajstić information content (AvgIpc) is 2.79. The summed E-state index contributed by atoms with van der Waals surface area (Å²) in [6, 6.07) is 0. The predicted octanol–water partition coefficient (Wildman–Crippen LogP) is 1.47. The minimum absolute atomic E-state index is 0.0769. The van der Waals surface area contributed by atoms with E-state index in [1.807, 2.05) is 18.6 Å². The van der Waals surface area contributed by atoms with Crippen LogP contribution in [0.25, 0.3) is 0 Å². The van der Waals surface area contributed by atoms with Crippen LogP contribution in [-0.4, -0.2) is 29.4 Å². The Morgan fingerprint density at radius 3 is 3.14 bits per heavy atom. The minimum Gasteiger partial charge on any atom is -0.396 e. The maximum Gasteiger partial charge on any atom is 0.0794 e. The molecule has 0 bridgehead atoms. The molecule has 2 atom stereocenters. The van der Waals surface area contributed by atoms with E-state index >= 15 is 0 Å². The van der Waals surface area contributed by atoms with E-state index in [0.717, 1.165) is 19.4 Å². The topological polar surface area (TPSA) is 42.4 Å². The molecule has 1 fully saturated rings. The SMILES string of the molecule is CC1OCCC1(CO)Cc1cncs1. The van der Waals surface area contributed by atoms with Crippen molar-refractivity contribution in [1.82, 2.24) is 4.98 Å². The maximum atomic E-state index is 9.49. The van der Waals surface area contributed by atoms with Crippen molar-refractivity contribution in [3.63, 3.8) is 0 Å². The molecule has 1 aliphatic rings. The van der Waals surface area contributed by atoms with Crippen LogP contribution in [0.15, 0.2) is 11.7 Å². The van der Waals surface area contributed by atoms with Crippen molar-refractivity contribution in [2.75, 3.05) is 13.2 Å². The zero-order chi connectivity index (χ0) is 10.0. The summed E-state index contributed by atoms with van der Waals surface area (Å²) in [6.45, 7) is 3.01. The van der Waals surface area contributed by atoms with Crippen LogP contribution < -0.4 is 0 Å². The number of hydrogen-bond donors (Lipinski definition) is 1. The number of hydrogen-bond acceptors (Lipinski definition) is 4. The van der Waals surface area contributed by atoms with Gasteiger partial charge in [-0.2, -0.15) is 0 Å². The molecule has 14 heavy (non-hydrogen) atoms. The van der Waals surface area contributed by atoms with Crippen molar-refractivity contribution >= 4 is 11.3 Å². The molecule has 2 heterocycles. The second-order valence-corrected chi connectivity index (χ2v) is 4.90. The molecule has 2 unspecified atom stereocenters. The second kappa shape index (κ2) is 3.96. The van der Waals surface area contributed by atoms with Gasteiger partial charge >= 0.3 is 0 Å². The Morgan fingerprint density at radius 1 is 1.79 bits per heavy atom.